The van der Waals surface area contributed by atoms with Gasteiger partial charge in [0, 0.05) is 26.1 Å². The standard InChI is InChI=1S/C17H23N5O2/c1-13(21(2)17(23)19-9-14-7-8-24-10-14)15-3-5-16(6-4-15)22-12-18-11-20-22/h3-6,11-14H,7-10H2,1-2H3,(H,19,23)/t13-,14+/m0/s1. The largest absolute Gasteiger partial charge is 0.381 e. The zero-order valence-corrected chi connectivity index (χ0v) is 14.1. The van der Waals surface area contributed by atoms with Gasteiger partial charge in [0.2, 0.25) is 0 Å². The van der Waals surface area contributed by atoms with E-state index in [-0.39, 0.29) is 12.1 Å². The summed E-state index contributed by atoms with van der Waals surface area (Å²) in [5.41, 5.74) is 2.01. The molecule has 7 heteroatoms. The molecule has 0 spiro atoms. The average molecular weight is 329 g/mol. The van der Waals surface area contributed by atoms with E-state index in [1.165, 1.54) is 6.33 Å². The second-order valence-electron chi connectivity index (χ2n) is 6.13. The van der Waals surface area contributed by atoms with Crippen molar-refractivity contribution in [1.29, 1.82) is 0 Å². The molecule has 1 aromatic carbocycles. The third kappa shape index (κ3) is 3.73. The molecular formula is C17H23N5O2. The maximum atomic E-state index is 12.3. The summed E-state index contributed by atoms with van der Waals surface area (Å²) in [5, 5.41) is 7.10. The first-order valence-corrected chi connectivity index (χ1v) is 8.18. The summed E-state index contributed by atoms with van der Waals surface area (Å²) in [4.78, 5) is 18.0. The monoisotopic (exact) mass is 329 g/mol. The first-order chi connectivity index (χ1) is 11.6. The molecule has 7 nitrogen and oxygen atoms in total. The van der Waals surface area contributed by atoms with Crippen LogP contribution in [0.2, 0.25) is 0 Å². The number of hydrogen-bond acceptors (Lipinski definition) is 4. The summed E-state index contributed by atoms with van der Waals surface area (Å²) in [5.74, 6) is 0.430. The molecule has 3 rings (SSSR count). The number of ether oxygens (including phenoxy) is 1. The molecule has 1 aliphatic heterocycles. The van der Waals surface area contributed by atoms with Crippen LogP contribution < -0.4 is 5.32 Å². The van der Waals surface area contributed by atoms with Gasteiger partial charge in [-0.3, -0.25) is 0 Å². The highest BCUT2D eigenvalue weighted by Gasteiger charge is 2.20. The summed E-state index contributed by atoms with van der Waals surface area (Å²) in [6.45, 7) is 4.22. The molecule has 1 aromatic heterocycles. The Bertz CT molecular complexity index is 650. The molecule has 0 saturated carbocycles. The lowest BCUT2D eigenvalue weighted by atomic mass is 10.1. The number of aromatic nitrogens is 3. The molecule has 0 bridgehead atoms. The van der Waals surface area contributed by atoms with Crippen LogP contribution in [0.15, 0.2) is 36.9 Å². The van der Waals surface area contributed by atoms with Gasteiger partial charge in [0.05, 0.1) is 18.3 Å². The van der Waals surface area contributed by atoms with Crippen molar-refractivity contribution >= 4 is 6.03 Å². The summed E-state index contributed by atoms with van der Waals surface area (Å²) < 4.78 is 7.03. The maximum Gasteiger partial charge on any atom is 0.317 e. The fraction of sp³-hybridized carbons (Fsp3) is 0.471. The van der Waals surface area contributed by atoms with E-state index in [1.54, 1.807) is 15.9 Å². The minimum Gasteiger partial charge on any atom is -0.381 e. The van der Waals surface area contributed by atoms with Crippen LogP contribution in [-0.2, 0) is 4.74 Å². The molecule has 2 atom stereocenters. The predicted molar refractivity (Wildman–Crippen MR) is 89.9 cm³/mol. The van der Waals surface area contributed by atoms with E-state index in [0.717, 1.165) is 30.9 Å². The zero-order valence-electron chi connectivity index (χ0n) is 14.1. The van der Waals surface area contributed by atoms with Crippen LogP contribution in [0.4, 0.5) is 4.79 Å². The highest BCUT2D eigenvalue weighted by atomic mass is 16.5. The lowest BCUT2D eigenvalue weighted by Gasteiger charge is -2.26. The SMILES string of the molecule is C[C@@H](c1ccc(-n2cncn2)cc1)N(C)C(=O)NC[C@H]1CCOC1. The Morgan fingerprint density at radius 3 is 2.88 bits per heavy atom. The van der Waals surface area contributed by atoms with E-state index >= 15 is 0 Å². The van der Waals surface area contributed by atoms with Gasteiger partial charge in [-0.15, -0.1) is 0 Å². The second-order valence-corrected chi connectivity index (χ2v) is 6.13. The molecule has 2 aromatic rings. The van der Waals surface area contributed by atoms with E-state index in [4.69, 9.17) is 4.74 Å². The highest BCUT2D eigenvalue weighted by molar-refractivity contribution is 5.74. The fourth-order valence-electron chi connectivity index (χ4n) is 2.75. The minimum absolute atomic E-state index is 0.0189. The molecule has 0 radical (unpaired) electrons. The molecule has 0 unspecified atom stereocenters. The number of carbonyl (C=O) groups is 1. The molecule has 1 saturated heterocycles. The minimum atomic E-state index is -0.0604. The Hall–Kier alpha value is -2.41. The van der Waals surface area contributed by atoms with Crippen LogP contribution in [0, 0.1) is 5.92 Å². The summed E-state index contributed by atoms with van der Waals surface area (Å²) in [7, 11) is 1.82. The first-order valence-electron chi connectivity index (χ1n) is 8.18. The number of carbonyl (C=O) groups excluding carboxylic acids is 1. The Labute approximate surface area is 141 Å². The number of benzene rings is 1. The smallest absolute Gasteiger partial charge is 0.317 e. The molecular weight excluding hydrogens is 306 g/mol. The number of urea groups is 1. The lowest BCUT2D eigenvalue weighted by molar-refractivity contribution is 0.179. The van der Waals surface area contributed by atoms with Crippen LogP contribution in [-0.4, -0.2) is 52.5 Å². The van der Waals surface area contributed by atoms with E-state index in [0.29, 0.717) is 12.5 Å². The molecule has 2 amide bonds. The molecule has 128 valence electrons. The first kappa shape index (κ1) is 16.4. The number of nitrogens with one attached hydrogen (secondary N) is 1. The Balaban J connectivity index is 1.57. The van der Waals surface area contributed by atoms with Crippen molar-refractivity contribution in [1.82, 2.24) is 25.0 Å². The van der Waals surface area contributed by atoms with E-state index < -0.39 is 0 Å². The van der Waals surface area contributed by atoms with E-state index in [9.17, 15) is 4.79 Å². The maximum absolute atomic E-state index is 12.3. The van der Waals surface area contributed by atoms with Crippen LogP contribution in [0.25, 0.3) is 5.69 Å². The Morgan fingerprint density at radius 1 is 1.46 bits per heavy atom. The molecule has 1 fully saturated rings. The Kier molecular flexibility index (Phi) is 5.10. The predicted octanol–water partition coefficient (Wildman–Crippen LogP) is 2.01. The molecule has 0 aliphatic carbocycles. The van der Waals surface area contributed by atoms with Crippen molar-refractivity contribution in [3.05, 3.63) is 42.5 Å². The fourth-order valence-corrected chi connectivity index (χ4v) is 2.75. The number of hydrogen-bond donors (Lipinski definition) is 1. The summed E-state index contributed by atoms with van der Waals surface area (Å²) >= 11 is 0. The van der Waals surface area contributed by atoms with Gasteiger partial charge in [-0.2, -0.15) is 5.10 Å². The topological polar surface area (TPSA) is 72.3 Å². The lowest BCUT2D eigenvalue weighted by Crippen LogP contribution is -2.40. The number of rotatable bonds is 5. The van der Waals surface area contributed by atoms with Crippen molar-refractivity contribution in [2.75, 3.05) is 26.8 Å². The molecule has 1 aliphatic rings. The quantitative estimate of drug-likeness (QED) is 0.911. The van der Waals surface area contributed by atoms with E-state index in [1.807, 2.05) is 38.2 Å². The van der Waals surface area contributed by atoms with Gasteiger partial charge < -0.3 is 15.0 Å². The average Bonchev–Trinajstić information content (AvgIpc) is 3.32. The van der Waals surface area contributed by atoms with Crippen LogP contribution >= 0.6 is 0 Å². The molecule has 24 heavy (non-hydrogen) atoms. The van der Waals surface area contributed by atoms with Gasteiger partial charge in [-0.05, 0) is 31.0 Å². The summed E-state index contributed by atoms with van der Waals surface area (Å²) in [6.07, 6.45) is 4.18. The van der Waals surface area contributed by atoms with Crippen molar-refractivity contribution < 1.29 is 9.53 Å². The normalized spacial score (nSPS) is 18.3. The van der Waals surface area contributed by atoms with Crippen molar-refractivity contribution in [2.24, 2.45) is 5.92 Å². The molecule has 2 heterocycles. The summed E-state index contributed by atoms with van der Waals surface area (Å²) in [6, 6.07) is 7.89. The van der Waals surface area contributed by atoms with Gasteiger partial charge in [0.1, 0.15) is 12.7 Å². The van der Waals surface area contributed by atoms with Gasteiger partial charge in [0.15, 0.2) is 0 Å². The van der Waals surface area contributed by atoms with Gasteiger partial charge in [-0.1, -0.05) is 12.1 Å². The van der Waals surface area contributed by atoms with Gasteiger partial charge >= 0.3 is 6.03 Å². The van der Waals surface area contributed by atoms with Crippen molar-refractivity contribution in [3.8, 4) is 5.69 Å². The van der Waals surface area contributed by atoms with Crippen LogP contribution in [0.3, 0.4) is 0 Å². The number of nitrogens with zero attached hydrogens (tertiary/aromatic N) is 4. The van der Waals surface area contributed by atoms with Crippen LogP contribution in [0.5, 0.6) is 0 Å². The number of amides is 2. The van der Waals surface area contributed by atoms with E-state index in [2.05, 4.69) is 15.4 Å². The third-order valence-corrected chi connectivity index (χ3v) is 4.53. The van der Waals surface area contributed by atoms with Crippen molar-refractivity contribution in [2.45, 2.75) is 19.4 Å². The van der Waals surface area contributed by atoms with Crippen molar-refractivity contribution in [3.63, 3.8) is 0 Å². The zero-order chi connectivity index (χ0) is 16.9. The van der Waals surface area contributed by atoms with Gasteiger partial charge in [-0.25, -0.2) is 14.5 Å². The van der Waals surface area contributed by atoms with Crippen LogP contribution in [0.1, 0.15) is 24.9 Å². The second kappa shape index (κ2) is 7.44. The van der Waals surface area contributed by atoms with Gasteiger partial charge in [0.25, 0.3) is 0 Å². The Morgan fingerprint density at radius 2 is 2.25 bits per heavy atom. The molecule has 1 N–H and O–H groups in total. The third-order valence-electron chi connectivity index (χ3n) is 4.53. The highest BCUT2D eigenvalue weighted by Crippen LogP contribution is 2.20.